The number of nitrogens with one attached hydrogen (secondary N) is 4. The zero-order valence-electron chi connectivity index (χ0n) is 26.8. The fourth-order valence-corrected chi connectivity index (χ4v) is 4.05. The van der Waals surface area contributed by atoms with Crippen molar-refractivity contribution in [2.24, 2.45) is 17.4 Å². The Balaban J connectivity index is 2.83. The molecule has 0 spiro atoms. The molecule has 1 unspecified atom stereocenters. The molecule has 0 saturated heterocycles. The van der Waals surface area contributed by atoms with Gasteiger partial charge in [-0.3, -0.25) is 14.4 Å². The lowest BCUT2D eigenvalue weighted by Gasteiger charge is -2.25. The van der Waals surface area contributed by atoms with Crippen molar-refractivity contribution in [2.75, 3.05) is 52.6 Å². The summed E-state index contributed by atoms with van der Waals surface area (Å²) in [6, 6.07) is 4.34. The standard InChI is InChI=1S/C30H52N8O6/c1-21(2)26(36-25(39)11-7-6-8-16-31)28(41)35-24(10-9-17-33-29(32)42)27(40)34-23-14-12-22(13-15-23)20-44-30(43)38(5)19-18-37(3)4/h12-15,21,24,26H,6-11,16-20,31H2,1-5H3,(H,34,40)(H,35,41)(H,36,39)(H3,32,33,42)/t24-,26?/m0/s1. The number of likely N-dealkylation sites (N-methyl/N-ethyl adjacent to an activating group) is 2. The molecule has 1 aromatic rings. The van der Waals surface area contributed by atoms with Gasteiger partial charge in [0.25, 0.3) is 0 Å². The van der Waals surface area contributed by atoms with Gasteiger partial charge in [-0.05, 0) is 69.9 Å². The summed E-state index contributed by atoms with van der Waals surface area (Å²) in [6.07, 6.45) is 2.75. The number of carbonyl (C=O) groups is 5. The van der Waals surface area contributed by atoms with Gasteiger partial charge in [-0.25, -0.2) is 9.59 Å². The molecule has 44 heavy (non-hydrogen) atoms. The van der Waals surface area contributed by atoms with Crippen LogP contribution in [0.2, 0.25) is 0 Å². The number of hydrogen-bond donors (Lipinski definition) is 6. The lowest BCUT2D eigenvalue weighted by molar-refractivity contribution is -0.132. The van der Waals surface area contributed by atoms with Crippen LogP contribution in [0.4, 0.5) is 15.3 Å². The second-order valence-electron chi connectivity index (χ2n) is 11.3. The van der Waals surface area contributed by atoms with E-state index < -0.39 is 36.0 Å². The SMILES string of the molecule is CC(C)C(NC(=O)CCCCCN)C(=O)N[C@@H](CCCNC(N)=O)C(=O)Nc1ccc(COC(=O)N(C)CCN(C)C)cc1. The topological polar surface area (TPSA) is 201 Å². The average molecular weight is 621 g/mol. The summed E-state index contributed by atoms with van der Waals surface area (Å²) in [5.74, 6) is -1.41. The zero-order valence-corrected chi connectivity index (χ0v) is 26.8. The third kappa shape index (κ3) is 16.1. The molecule has 14 heteroatoms. The molecule has 6 amide bonds. The minimum Gasteiger partial charge on any atom is -0.445 e. The summed E-state index contributed by atoms with van der Waals surface area (Å²) in [7, 11) is 5.52. The van der Waals surface area contributed by atoms with Crippen LogP contribution >= 0.6 is 0 Å². The first kappa shape index (κ1) is 38.1. The molecule has 0 heterocycles. The average Bonchev–Trinajstić information content (AvgIpc) is 2.97. The van der Waals surface area contributed by atoms with E-state index in [1.165, 1.54) is 4.90 Å². The van der Waals surface area contributed by atoms with Crippen LogP contribution in [0.15, 0.2) is 24.3 Å². The maximum atomic E-state index is 13.3. The molecule has 8 N–H and O–H groups in total. The van der Waals surface area contributed by atoms with Gasteiger partial charge in [0.2, 0.25) is 17.7 Å². The van der Waals surface area contributed by atoms with Crippen LogP contribution in [-0.4, -0.2) is 99.1 Å². The van der Waals surface area contributed by atoms with Gasteiger partial charge < -0.3 is 47.3 Å². The Bertz CT molecular complexity index is 1050. The van der Waals surface area contributed by atoms with E-state index in [2.05, 4.69) is 21.3 Å². The first-order valence-corrected chi connectivity index (χ1v) is 15.1. The Kier molecular flexibility index (Phi) is 18.1. The van der Waals surface area contributed by atoms with E-state index in [0.717, 1.165) is 18.4 Å². The van der Waals surface area contributed by atoms with Gasteiger partial charge >= 0.3 is 12.1 Å². The van der Waals surface area contributed by atoms with Gasteiger partial charge in [0, 0.05) is 38.8 Å². The molecule has 2 atom stereocenters. The Morgan fingerprint density at radius 3 is 2.16 bits per heavy atom. The first-order chi connectivity index (χ1) is 20.8. The molecule has 0 saturated carbocycles. The summed E-state index contributed by atoms with van der Waals surface area (Å²) >= 11 is 0. The van der Waals surface area contributed by atoms with Gasteiger partial charge in [0.1, 0.15) is 18.7 Å². The third-order valence-corrected chi connectivity index (χ3v) is 6.75. The number of rotatable bonds is 20. The summed E-state index contributed by atoms with van der Waals surface area (Å²) in [5.41, 5.74) is 11.9. The quantitative estimate of drug-likeness (QED) is 0.117. The van der Waals surface area contributed by atoms with Gasteiger partial charge in [-0.2, -0.15) is 0 Å². The Morgan fingerprint density at radius 2 is 1.57 bits per heavy atom. The van der Waals surface area contributed by atoms with Crippen molar-refractivity contribution < 1.29 is 28.7 Å². The molecule has 0 radical (unpaired) electrons. The summed E-state index contributed by atoms with van der Waals surface area (Å²) in [5, 5.41) is 10.8. The number of amides is 6. The Morgan fingerprint density at radius 1 is 0.886 bits per heavy atom. The normalized spacial score (nSPS) is 12.3. The monoisotopic (exact) mass is 620 g/mol. The molecule has 14 nitrogen and oxygen atoms in total. The van der Waals surface area contributed by atoms with Crippen LogP contribution < -0.4 is 32.7 Å². The molecule has 0 bridgehead atoms. The highest BCUT2D eigenvalue weighted by atomic mass is 16.6. The second kappa shape index (κ2) is 20.9. The van der Waals surface area contributed by atoms with Crippen molar-refractivity contribution in [1.29, 1.82) is 0 Å². The molecule has 1 rings (SSSR count). The predicted octanol–water partition coefficient (Wildman–Crippen LogP) is 1.35. The number of benzene rings is 1. The van der Waals surface area contributed by atoms with E-state index in [1.807, 2.05) is 32.8 Å². The van der Waals surface area contributed by atoms with Crippen LogP contribution in [0, 0.1) is 5.92 Å². The number of anilines is 1. The second-order valence-corrected chi connectivity index (χ2v) is 11.3. The molecular weight excluding hydrogens is 568 g/mol. The number of carbonyl (C=O) groups excluding carboxylic acids is 5. The van der Waals surface area contributed by atoms with Gasteiger partial charge in [-0.15, -0.1) is 0 Å². The Hall–Kier alpha value is -3.91. The van der Waals surface area contributed by atoms with E-state index >= 15 is 0 Å². The Labute approximate surface area is 261 Å². The van der Waals surface area contributed by atoms with Crippen molar-refractivity contribution in [3.8, 4) is 0 Å². The van der Waals surface area contributed by atoms with Crippen LogP contribution in [0.25, 0.3) is 0 Å². The number of primary amides is 1. The van der Waals surface area contributed by atoms with E-state index in [0.29, 0.717) is 38.2 Å². The maximum absolute atomic E-state index is 13.3. The molecule has 0 fully saturated rings. The number of urea groups is 1. The highest BCUT2D eigenvalue weighted by Crippen LogP contribution is 2.13. The van der Waals surface area contributed by atoms with Crippen molar-refractivity contribution in [1.82, 2.24) is 25.8 Å². The van der Waals surface area contributed by atoms with E-state index in [4.69, 9.17) is 16.2 Å². The fourth-order valence-electron chi connectivity index (χ4n) is 4.05. The van der Waals surface area contributed by atoms with Crippen LogP contribution in [0.3, 0.4) is 0 Å². The van der Waals surface area contributed by atoms with Crippen molar-refractivity contribution in [3.63, 3.8) is 0 Å². The van der Waals surface area contributed by atoms with Crippen LogP contribution in [-0.2, 0) is 25.7 Å². The number of hydrogen-bond acceptors (Lipinski definition) is 8. The molecule has 1 aromatic carbocycles. The smallest absolute Gasteiger partial charge is 0.409 e. The minimum atomic E-state index is -0.946. The van der Waals surface area contributed by atoms with E-state index in [9.17, 15) is 24.0 Å². The van der Waals surface area contributed by atoms with Crippen molar-refractivity contribution in [3.05, 3.63) is 29.8 Å². The maximum Gasteiger partial charge on any atom is 0.409 e. The highest BCUT2D eigenvalue weighted by Gasteiger charge is 2.28. The van der Waals surface area contributed by atoms with Gasteiger partial charge in [0.15, 0.2) is 0 Å². The number of nitrogens with two attached hydrogens (primary N) is 2. The van der Waals surface area contributed by atoms with Crippen molar-refractivity contribution >= 4 is 35.5 Å². The largest absolute Gasteiger partial charge is 0.445 e. The van der Waals surface area contributed by atoms with E-state index in [-0.39, 0.29) is 37.8 Å². The third-order valence-electron chi connectivity index (χ3n) is 6.75. The minimum absolute atomic E-state index is 0.0697. The molecule has 0 aliphatic heterocycles. The summed E-state index contributed by atoms with van der Waals surface area (Å²) < 4.78 is 5.36. The molecular formula is C30H52N8O6. The first-order valence-electron chi connectivity index (χ1n) is 15.1. The number of nitrogens with zero attached hydrogens (tertiary/aromatic N) is 2. The lowest BCUT2D eigenvalue weighted by atomic mass is 10.0. The fraction of sp³-hybridized carbons (Fsp3) is 0.633. The van der Waals surface area contributed by atoms with Crippen molar-refractivity contribution in [2.45, 2.75) is 71.1 Å². The predicted molar refractivity (Wildman–Crippen MR) is 169 cm³/mol. The molecule has 0 aliphatic rings. The van der Waals surface area contributed by atoms with Gasteiger partial charge in [-0.1, -0.05) is 32.4 Å². The number of unbranched alkanes of at least 4 members (excludes halogenated alkanes) is 2. The summed E-state index contributed by atoms with van der Waals surface area (Å²) in [6.45, 7) is 5.72. The molecule has 0 aromatic heterocycles. The highest BCUT2D eigenvalue weighted by molar-refractivity contribution is 5.98. The number of ether oxygens (including phenoxy) is 1. The summed E-state index contributed by atoms with van der Waals surface area (Å²) in [4.78, 5) is 65.7. The lowest BCUT2D eigenvalue weighted by Crippen LogP contribution is -2.54. The van der Waals surface area contributed by atoms with Crippen LogP contribution in [0.1, 0.15) is 57.9 Å². The van der Waals surface area contributed by atoms with E-state index in [1.54, 1.807) is 31.3 Å². The van der Waals surface area contributed by atoms with Gasteiger partial charge in [0.05, 0.1) is 0 Å². The zero-order chi connectivity index (χ0) is 33.1. The van der Waals surface area contributed by atoms with Crippen LogP contribution in [0.5, 0.6) is 0 Å². The molecule has 248 valence electrons. The molecule has 0 aliphatic carbocycles.